The Bertz CT molecular complexity index is 2560. The monoisotopic (exact) mass is 597 g/mol. The molecule has 0 spiro atoms. The van der Waals surface area contributed by atoms with E-state index >= 15 is 0 Å². The van der Waals surface area contributed by atoms with Crippen LogP contribution in [0.1, 0.15) is 0 Å². The van der Waals surface area contributed by atoms with Crippen LogP contribution in [0.3, 0.4) is 0 Å². The van der Waals surface area contributed by atoms with E-state index in [0.29, 0.717) is 0 Å². The third kappa shape index (κ3) is 4.81. The van der Waals surface area contributed by atoms with Gasteiger partial charge < -0.3 is 4.90 Å². The predicted octanol–water partition coefficient (Wildman–Crippen LogP) is 13.1. The molecule has 1 heteroatoms. The van der Waals surface area contributed by atoms with Gasteiger partial charge in [0, 0.05) is 17.1 Å². The molecule has 220 valence electrons. The summed E-state index contributed by atoms with van der Waals surface area (Å²) in [5.74, 6) is 0. The first-order chi connectivity index (χ1) is 23.3. The molecule has 0 aliphatic carbocycles. The van der Waals surface area contributed by atoms with Gasteiger partial charge in [-0.15, -0.1) is 0 Å². The third-order valence-corrected chi connectivity index (χ3v) is 9.39. The number of anilines is 3. The molecule has 0 aromatic heterocycles. The number of benzene rings is 9. The summed E-state index contributed by atoms with van der Waals surface area (Å²) in [6.07, 6.45) is 0. The van der Waals surface area contributed by atoms with E-state index < -0.39 is 0 Å². The molecule has 0 atom stereocenters. The summed E-state index contributed by atoms with van der Waals surface area (Å²) in [6.45, 7) is 0. The second-order valence-corrected chi connectivity index (χ2v) is 12.2. The van der Waals surface area contributed by atoms with Crippen molar-refractivity contribution in [2.24, 2.45) is 0 Å². The standard InChI is InChI=1S/C46H31N/c1-2-10-32(11-3-1)39-16-8-17-41(30-39)47(42-29-24-33-12-4-5-14-38(33)31-42)40-27-25-35(26-28-40)44-19-9-15-36-22-23-37-21-20-34-13-6-7-18-43(34)46(37)45(36)44/h1-31H. The summed E-state index contributed by atoms with van der Waals surface area (Å²) in [7, 11) is 0. The molecule has 0 fully saturated rings. The van der Waals surface area contributed by atoms with Gasteiger partial charge in [-0.05, 0) is 102 Å². The number of nitrogens with zero attached hydrogens (tertiary/aromatic N) is 1. The molecule has 0 heterocycles. The lowest BCUT2D eigenvalue weighted by molar-refractivity contribution is 1.29. The lowest BCUT2D eigenvalue weighted by Crippen LogP contribution is -2.10. The SMILES string of the molecule is c1ccc(-c2cccc(N(c3ccc(-c4cccc5ccc6ccc7ccccc7c6c45)cc3)c3ccc4ccccc4c3)c2)cc1. The third-order valence-electron chi connectivity index (χ3n) is 9.39. The zero-order valence-corrected chi connectivity index (χ0v) is 25.8. The van der Waals surface area contributed by atoms with Gasteiger partial charge in [0.05, 0.1) is 0 Å². The van der Waals surface area contributed by atoms with Crippen LogP contribution in [-0.2, 0) is 0 Å². The maximum absolute atomic E-state index is 2.37. The Morgan fingerprint density at radius 2 is 0.851 bits per heavy atom. The highest BCUT2D eigenvalue weighted by Crippen LogP contribution is 2.41. The highest BCUT2D eigenvalue weighted by atomic mass is 15.1. The molecule has 0 saturated carbocycles. The minimum Gasteiger partial charge on any atom is -0.310 e. The summed E-state index contributed by atoms with van der Waals surface area (Å²) < 4.78 is 0. The highest BCUT2D eigenvalue weighted by Gasteiger charge is 2.16. The number of hydrogen-bond acceptors (Lipinski definition) is 1. The molecule has 9 aromatic carbocycles. The Kier molecular flexibility index (Phi) is 6.54. The lowest BCUT2D eigenvalue weighted by atomic mass is 9.91. The first-order valence-corrected chi connectivity index (χ1v) is 16.2. The summed E-state index contributed by atoms with van der Waals surface area (Å²) in [4.78, 5) is 2.37. The van der Waals surface area contributed by atoms with E-state index in [4.69, 9.17) is 0 Å². The fourth-order valence-corrected chi connectivity index (χ4v) is 7.12. The van der Waals surface area contributed by atoms with Crippen LogP contribution in [0.25, 0.3) is 65.3 Å². The van der Waals surface area contributed by atoms with Crippen molar-refractivity contribution >= 4 is 60.2 Å². The number of fused-ring (bicyclic) bond motifs is 6. The minimum atomic E-state index is 1.12. The summed E-state index contributed by atoms with van der Waals surface area (Å²) in [6, 6.07) is 68.3. The molecule has 1 nitrogen and oxygen atoms in total. The largest absolute Gasteiger partial charge is 0.310 e. The van der Waals surface area contributed by atoms with Gasteiger partial charge in [-0.25, -0.2) is 0 Å². The van der Waals surface area contributed by atoms with Crippen LogP contribution in [0, 0.1) is 0 Å². The van der Waals surface area contributed by atoms with Crippen LogP contribution >= 0.6 is 0 Å². The lowest BCUT2D eigenvalue weighted by Gasteiger charge is -2.26. The van der Waals surface area contributed by atoms with Gasteiger partial charge in [-0.2, -0.15) is 0 Å². The molecule has 0 radical (unpaired) electrons. The molecular formula is C46H31N. The Balaban J connectivity index is 1.21. The summed E-state index contributed by atoms with van der Waals surface area (Å²) in [5, 5.41) is 10.2. The van der Waals surface area contributed by atoms with E-state index in [1.165, 1.54) is 65.3 Å². The first-order valence-electron chi connectivity index (χ1n) is 16.2. The molecule has 0 N–H and O–H groups in total. The second kappa shape index (κ2) is 11.3. The van der Waals surface area contributed by atoms with Gasteiger partial charge >= 0.3 is 0 Å². The Morgan fingerprint density at radius 3 is 1.68 bits per heavy atom. The van der Waals surface area contributed by atoms with Crippen molar-refractivity contribution in [2.45, 2.75) is 0 Å². The average molecular weight is 598 g/mol. The quantitative estimate of drug-likeness (QED) is 0.178. The minimum absolute atomic E-state index is 1.12. The van der Waals surface area contributed by atoms with E-state index in [-0.39, 0.29) is 0 Å². The van der Waals surface area contributed by atoms with E-state index in [0.717, 1.165) is 17.1 Å². The molecule has 0 saturated heterocycles. The number of hydrogen-bond donors (Lipinski definition) is 0. The zero-order valence-electron chi connectivity index (χ0n) is 25.8. The predicted molar refractivity (Wildman–Crippen MR) is 202 cm³/mol. The highest BCUT2D eigenvalue weighted by molar-refractivity contribution is 6.24. The maximum Gasteiger partial charge on any atom is 0.0468 e. The second-order valence-electron chi connectivity index (χ2n) is 12.2. The molecule has 0 aliphatic rings. The van der Waals surface area contributed by atoms with Crippen molar-refractivity contribution in [3.05, 3.63) is 188 Å². The van der Waals surface area contributed by atoms with E-state index in [9.17, 15) is 0 Å². The van der Waals surface area contributed by atoms with Crippen molar-refractivity contribution in [1.82, 2.24) is 0 Å². The zero-order chi connectivity index (χ0) is 31.2. The van der Waals surface area contributed by atoms with Gasteiger partial charge in [-0.3, -0.25) is 0 Å². The average Bonchev–Trinajstić information content (AvgIpc) is 3.15. The molecule has 9 rings (SSSR count). The van der Waals surface area contributed by atoms with Crippen LogP contribution in [-0.4, -0.2) is 0 Å². The van der Waals surface area contributed by atoms with Crippen LogP contribution < -0.4 is 4.90 Å². The smallest absolute Gasteiger partial charge is 0.0468 e. The molecule has 0 unspecified atom stereocenters. The summed E-state index contributed by atoms with van der Waals surface area (Å²) in [5.41, 5.74) is 8.22. The normalized spacial score (nSPS) is 11.4. The van der Waals surface area contributed by atoms with Crippen molar-refractivity contribution in [3.8, 4) is 22.3 Å². The molecule has 47 heavy (non-hydrogen) atoms. The molecular weight excluding hydrogens is 567 g/mol. The van der Waals surface area contributed by atoms with Gasteiger partial charge in [0.1, 0.15) is 0 Å². The van der Waals surface area contributed by atoms with Gasteiger partial charge in [0.15, 0.2) is 0 Å². The fraction of sp³-hybridized carbons (Fsp3) is 0. The Morgan fingerprint density at radius 1 is 0.277 bits per heavy atom. The van der Waals surface area contributed by atoms with Crippen LogP contribution in [0.4, 0.5) is 17.1 Å². The van der Waals surface area contributed by atoms with E-state index in [2.05, 4.69) is 193 Å². The van der Waals surface area contributed by atoms with Gasteiger partial charge in [0.2, 0.25) is 0 Å². The van der Waals surface area contributed by atoms with Crippen molar-refractivity contribution in [1.29, 1.82) is 0 Å². The first kappa shape index (κ1) is 27.2. The van der Waals surface area contributed by atoms with Crippen molar-refractivity contribution in [3.63, 3.8) is 0 Å². The van der Waals surface area contributed by atoms with Crippen molar-refractivity contribution in [2.75, 3.05) is 4.90 Å². The van der Waals surface area contributed by atoms with Crippen molar-refractivity contribution < 1.29 is 0 Å². The molecule has 0 amide bonds. The fourth-order valence-electron chi connectivity index (χ4n) is 7.12. The molecule has 9 aromatic rings. The van der Waals surface area contributed by atoms with Crippen LogP contribution in [0.5, 0.6) is 0 Å². The summed E-state index contributed by atoms with van der Waals surface area (Å²) >= 11 is 0. The maximum atomic E-state index is 2.37. The van der Waals surface area contributed by atoms with Gasteiger partial charge in [-0.1, -0.05) is 152 Å². The topological polar surface area (TPSA) is 3.24 Å². The van der Waals surface area contributed by atoms with E-state index in [1.54, 1.807) is 0 Å². The Hall–Kier alpha value is -6.18. The van der Waals surface area contributed by atoms with Gasteiger partial charge in [0.25, 0.3) is 0 Å². The Labute approximate surface area is 274 Å². The number of rotatable bonds is 5. The molecule has 0 bridgehead atoms. The van der Waals surface area contributed by atoms with Crippen LogP contribution in [0.15, 0.2) is 188 Å². The van der Waals surface area contributed by atoms with Crippen LogP contribution in [0.2, 0.25) is 0 Å². The molecule has 0 aliphatic heterocycles. The van der Waals surface area contributed by atoms with E-state index in [1.807, 2.05) is 0 Å².